The molecule has 122 valence electrons. The maximum absolute atomic E-state index is 5.86. The van der Waals surface area contributed by atoms with Gasteiger partial charge < -0.3 is 4.74 Å². The predicted molar refractivity (Wildman–Crippen MR) is 92.6 cm³/mol. The van der Waals surface area contributed by atoms with E-state index in [2.05, 4.69) is 31.6 Å². The molecule has 0 radical (unpaired) electrons. The third-order valence-electron chi connectivity index (χ3n) is 2.73. The summed E-state index contributed by atoms with van der Waals surface area (Å²) in [6, 6.07) is 8.15. The molecule has 1 unspecified atom stereocenters. The average molecular weight is 315 g/mol. The van der Waals surface area contributed by atoms with Crippen LogP contribution in [0.1, 0.15) is 52.6 Å². The monoisotopic (exact) mass is 314 g/mol. The van der Waals surface area contributed by atoms with E-state index in [0.29, 0.717) is 5.92 Å². The van der Waals surface area contributed by atoms with Crippen LogP contribution in [0.3, 0.4) is 0 Å². The Hall–Kier alpha value is -0.610. The van der Waals surface area contributed by atoms with E-state index < -0.39 is 0 Å². The van der Waals surface area contributed by atoms with Crippen LogP contribution in [0.15, 0.2) is 24.3 Å². The Morgan fingerprint density at radius 2 is 1.71 bits per heavy atom. The summed E-state index contributed by atoms with van der Waals surface area (Å²) in [6.45, 7) is 13.0. The SMILES string of the molecule is CC.CC(C)COCCCNNC(C)c1ccc(Cl)cc1. The zero-order valence-electron chi connectivity index (χ0n) is 14.1. The lowest BCUT2D eigenvalue weighted by atomic mass is 10.1. The molecule has 1 rings (SSSR count). The highest BCUT2D eigenvalue weighted by Gasteiger charge is 2.03. The average Bonchev–Trinajstić information content (AvgIpc) is 2.48. The number of hydrogen-bond donors (Lipinski definition) is 2. The fourth-order valence-corrected chi connectivity index (χ4v) is 1.77. The molecule has 0 bridgehead atoms. The van der Waals surface area contributed by atoms with Crippen molar-refractivity contribution >= 4 is 11.6 Å². The van der Waals surface area contributed by atoms with E-state index in [1.165, 1.54) is 5.56 Å². The molecule has 1 aromatic rings. The van der Waals surface area contributed by atoms with Crippen LogP contribution >= 0.6 is 11.6 Å². The van der Waals surface area contributed by atoms with Gasteiger partial charge in [-0.25, -0.2) is 0 Å². The first kappa shape index (κ1) is 20.4. The predicted octanol–water partition coefficient (Wildman–Crippen LogP) is 4.58. The smallest absolute Gasteiger partial charge is 0.0489 e. The second-order valence-electron chi connectivity index (χ2n) is 5.17. The molecule has 0 saturated carbocycles. The maximum atomic E-state index is 5.86. The minimum absolute atomic E-state index is 0.258. The quantitative estimate of drug-likeness (QED) is 0.517. The van der Waals surface area contributed by atoms with Gasteiger partial charge in [-0.3, -0.25) is 10.9 Å². The summed E-state index contributed by atoms with van der Waals surface area (Å²) in [4.78, 5) is 0. The third-order valence-corrected chi connectivity index (χ3v) is 2.98. The molecular weight excluding hydrogens is 284 g/mol. The summed E-state index contributed by atoms with van der Waals surface area (Å²) in [7, 11) is 0. The molecule has 1 aromatic carbocycles. The van der Waals surface area contributed by atoms with Crippen molar-refractivity contribution in [3.8, 4) is 0 Å². The van der Waals surface area contributed by atoms with Crippen LogP contribution in [0.2, 0.25) is 5.02 Å². The van der Waals surface area contributed by atoms with Gasteiger partial charge in [0.15, 0.2) is 0 Å². The zero-order chi connectivity index (χ0) is 16.1. The van der Waals surface area contributed by atoms with Gasteiger partial charge in [0.2, 0.25) is 0 Å². The normalized spacial score (nSPS) is 12.0. The van der Waals surface area contributed by atoms with Crippen LogP contribution in [0.25, 0.3) is 0 Å². The van der Waals surface area contributed by atoms with E-state index in [1.807, 2.05) is 38.1 Å². The number of benzene rings is 1. The van der Waals surface area contributed by atoms with Crippen LogP contribution < -0.4 is 10.9 Å². The van der Waals surface area contributed by atoms with E-state index >= 15 is 0 Å². The van der Waals surface area contributed by atoms with Gasteiger partial charge in [-0.2, -0.15) is 0 Å². The number of rotatable bonds is 9. The molecule has 0 saturated heterocycles. The van der Waals surface area contributed by atoms with Crippen molar-refractivity contribution in [2.24, 2.45) is 5.92 Å². The Morgan fingerprint density at radius 3 is 2.29 bits per heavy atom. The molecule has 4 heteroatoms. The van der Waals surface area contributed by atoms with Crippen molar-refractivity contribution in [1.82, 2.24) is 10.9 Å². The fourth-order valence-electron chi connectivity index (χ4n) is 1.64. The lowest BCUT2D eigenvalue weighted by Crippen LogP contribution is -2.35. The molecule has 0 spiro atoms. The Kier molecular flexibility index (Phi) is 12.7. The van der Waals surface area contributed by atoms with Crippen LogP contribution in [-0.2, 0) is 4.74 Å². The molecule has 2 N–H and O–H groups in total. The van der Waals surface area contributed by atoms with Crippen molar-refractivity contribution < 1.29 is 4.74 Å². The Labute approximate surface area is 135 Å². The molecule has 0 fully saturated rings. The van der Waals surface area contributed by atoms with E-state index in [4.69, 9.17) is 16.3 Å². The van der Waals surface area contributed by atoms with Crippen molar-refractivity contribution in [1.29, 1.82) is 0 Å². The van der Waals surface area contributed by atoms with Gasteiger partial charge in [0.1, 0.15) is 0 Å². The van der Waals surface area contributed by atoms with Crippen LogP contribution in [0.4, 0.5) is 0 Å². The van der Waals surface area contributed by atoms with Crippen molar-refractivity contribution in [2.45, 2.75) is 47.1 Å². The fraction of sp³-hybridized carbons (Fsp3) is 0.647. The number of hydrogen-bond acceptors (Lipinski definition) is 3. The molecule has 0 heterocycles. The van der Waals surface area contributed by atoms with Gasteiger partial charge in [0.25, 0.3) is 0 Å². The first-order valence-electron chi connectivity index (χ1n) is 7.91. The maximum Gasteiger partial charge on any atom is 0.0489 e. The molecule has 0 amide bonds. The zero-order valence-corrected chi connectivity index (χ0v) is 14.8. The van der Waals surface area contributed by atoms with Crippen molar-refractivity contribution in [3.05, 3.63) is 34.9 Å². The lowest BCUT2D eigenvalue weighted by molar-refractivity contribution is 0.107. The second kappa shape index (κ2) is 13.1. The summed E-state index contributed by atoms with van der Waals surface area (Å²) < 4.78 is 5.52. The summed E-state index contributed by atoms with van der Waals surface area (Å²) in [6.07, 6.45) is 1.01. The molecule has 21 heavy (non-hydrogen) atoms. The standard InChI is InChI=1S/C15H25ClN2O.C2H6/c1-12(2)11-19-10-4-9-17-18-13(3)14-5-7-15(16)8-6-14;1-2/h5-8,12-13,17-18H,4,9-11H2,1-3H3;1-2H3. The van der Waals surface area contributed by atoms with Gasteiger partial charge in [-0.05, 0) is 37.0 Å². The van der Waals surface area contributed by atoms with E-state index in [1.54, 1.807) is 0 Å². The Balaban J connectivity index is 0.00000191. The second-order valence-corrected chi connectivity index (χ2v) is 5.60. The van der Waals surface area contributed by atoms with Gasteiger partial charge in [0, 0.05) is 30.8 Å². The first-order valence-corrected chi connectivity index (χ1v) is 8.29. The van der Waals surface area contributed by atoms with Crippen molar-refractivity contribution in [3.63, 3.8) is 0 Å². The van der Waals surface area contributed by atoms with Crippen LogP contribution in [0, 0.1) is 5.92 Å². The van der Waals surface area contributed by atoms with E-state index in [-0.39, 0.29) is 6.04 Å². The molecule has 1 atom stereocenters. The van der Waals surface area contributed by atoms with Crippen molar-refractivity contribution in [2.75, 3.05) is 19.8 Å². The number of hydrazine groups is 1. The highest BCUT2D eigenvalue weighted by molar-refractivity contribution is 6.30. The third kappa shape index (κ3) is 10.7. The van der Waals surface area contributed by atoms with Crippen LogP contribution in [-0.4, -0.2) is 19.8 Å². The van der Waals surface area contributed by atoms with E-state index in [0.717, 1.165) is 31.2 Å². The molecular formula is C17H31ClN2O. The van der Waals surface area contributed by atoms with Gasteiger partial charge >= 0.3 is 0 Å². The molecule has 3 nitrogen and oxygen atoms in total. The highest BCUT2D eigenvalue weighted by Crippen LogP contribution is 2.15. The van der Waals surface area contributed by atoms with Crippen LogP contribution in [0.5, 0.6) is 0 Å². The number of ether oxygens (including phenoxy) is 1. The lowest BCUT2D eigenvalue weighted by Gasteiger charge is -2.15. The molecule has 0 aliphatic carbocycles. The number of halogens is 1. The largest absolute Gasteiger partial charge is 0.381 e. The molecule has 0 aromatic heterocycles. The van der Waals surface area contributed by atoms with Gasteiger partial charge in [-0.15, -0.1) is 0 Å². The van der Waals surface area contributed by atoms with Gasteiger partial charge in [0.05, 0.1) is 0 Å². The molecule has 0 aliphatic rings. The Morgan fingerprint density at radius 1 is 1.10 bits per heavy atom. The number of nitrogens with one attached hydrogen (secondary N) is 2. The Bertz CT molecular complexity index is 341. The van der Waals surface area contributed by atoms with E-state index in [9.17, 15) is 0 Å². The van der Waals surface area contributed by atoms with Gasteiger partial charge in [-0.1, -0.05) is 51.4 Å². The highest BCUT2D eigenvalue weighted by atomic mass is 35.5. The first-order chi connectivity index (χ1) is 10.1. The molecule has 0 aliphatic heterocycles. The minimum atomic E-state index is 0.258. The summed E-state index contributed by atoms with van der Waals surface area (Å²) in [5, 5.41) is 0.770. The topological polar surface area (TPSA) is 33.3 Å². The summed E-state index contributed by atoms with van der Waals surface area (Å²) >= 11 is 5.86. The summed E-state index contributed by atoms with van der Waals surface area (Å²) in [5.41, 5.74) is 7.71. The minimum Gasteiger partial charge on any atom is -0.381 e. The summed E-state index contributed by atoms with van der Waals surface area (Å²) in [5.74, 6) is 0.607.